The van der Waals surface area contributed by atoms with Gasteiger partial charge in [-0.15, -0.1) is 0 Å². The minimum atomic E-state index is -0.368. The molecular formula is C19H20FN3OS2. The molecule has 1 amide bonds. The van der Waals surface area contributed by atoms with Crippen molar-refractivity contribution in [2.24, 2.45) is 0 Å². The van der Waals surface area contributed by atoms with Crippen molar-refractivity contribution >= 4 is 44.4 Å². The molecular weight excluding hydrogens is 369 g/mol. The zero-order chi connectivity index (χ0) is 18.4. The highest BCUT2D eigenvalue weighted by atomic mass is 32.2. The number of benzene rings is 2. The van der Waals surface area contributed by atoms with Gasteiger partial charge in [0, 0.05) is 18.1 Å². The van der Waals surface area contributed by atoms with Gasteiger partial charge in [-0.25, -0.2) is 9.37 Å². The molecule has 0 saturated heterocycles. The molecule has 0 aliphatic carbocycles. The van der Waals surface area contributed by atoms with Crippen LogP contribution in [0, 0.1) is 5.82 Å². The van der Waals surface area contributed by atoms with Gasteiger partial charge in [-0.3, -0.25) is 4.79 Å². The number of thioether (sulfide) groups is 1. The summed E-state index contributed by atoms with van der Waals surface area (Å²) < 4.78 is 14.6. The smallest absolute Gasteiger partial charge is 0.242 e. The molecule has 0 radical (unpaired) electrons. The van der Waals surface area contributed by atoms with E-state index >= 15 is 0 Å². The number of hydrogen-bond donors (Lipinski definition) is 2. The van der Waals surface area contributed by atoms with Crippen molar-refractivity contribution in [1.82, 2.24) is 10.3 Å². The van der Waals surface area contributed by atoms with Gasteiger partial charge in [0.2, 0.25) is 5.91 Å². The largest absolute Gasteiger partial charge is 0.353 e. The molecule has 0 saturated carbocycles. The summed E-state index contributed by atoms with van der Waals surface area (Å²) in [5.74, 6) is 1.07. The van der Waals surface area contributed by atoms with Crippen LogP contribution in [-0.2, 0) is 10.5 Å². The number of fused-ring (bicyclic) bond motifs is 1. The number of aromatic nitrogens is 1. The molecule has 1 atom stereocenters. The first kappa shape index (κ1) is 18.7. The van der Waals surface area contributed by atoms with E-state index in [0.717, 1.165) is 21.1 Å². The Balaban J connectivity index is 1.39. The Hall–Kier alpha value is -2.12. The lowest BCUT2D eigenvalue weighted by atomic mass is 10.2. The van der Waals surface area contributed by atoms with Crippen molar-refractivity contribution in [3.63, 3.8) is 0 Å². The third kappa shape index (κ3) is 4.95. The molecule has 136 valence electrons. The van der Waals surface area contributed by atoms with Crippen LogP contribution in [0.25, 0.3) is 10.2 Å². The van der Waals surface area contributed by atoms with Crippen LogP contribution < -0.4 is 10.6 Å². The first-order chi connectivity index (χ1) is 12.6. The number of thiazole rings is 1. The molecule has 2 aromatic carbocycles. The quantitative estimate of drug-likeness (QED) is 0.565. The SMILES string of the molecule is CC(Nc1nc2ccccc2s1)C(=O)NCCSCc1ccccc1F. The summed E-state index contributed by atoms with van der Waals surface area (Å²) in [4.78, 5) is 16.7. The van der Waals surface area contributed by atoms with Gasteiger partial charge in [-0.1, -0.05) is 41.7 Å². The van der Waals surface area contributed by atoms with Crippen LogP contribution in [0.1, 0.15) is 12.5 Å². The van der Waals surface area contributed by atoms with Crippen molar-refractivity contribution in [3.05, 3.63) is 59.9 Å². The number of amides is 1. The normalized spacial score (nSPS) is 12.1. The maximum absolute atomic E-state index is 13.5. The fourth-order valence-corrected chi connectivity index (χ4v) is 4.18. The van der Waals surface area contributed by atoms with Gasteiger partial charge in [0.25, 0.3) is 0 Å². The number of anilines is 1. The van der Waals surface area contributed by atoms with E-state index in [9.17, 15) is 9.18 Å². The predicted molar refractivity (Wildman–Crippen MR) is 108 cm³/mol. The van der Waals surface area contributed by atoms with Gasteiger partial charge in [0.05, 0.1) is 10.2 Å². The lowest BCUT2D eigenvalue weighted by molar-refractivity contribution is -0.121. The van der Waals surface area contributed by atoms with E-state index in [0.29, 0.717) is 17.9 Å². The molecule has 7 heteroatoms. The van der Waals surface area contributed by atoms with Gasteiger partial charge in [0.15, 0.2) is 5.13 Å². The van der Waals surface area contributed by atoms with Crippen molar-refractivity contribution in [3.8, 4) is 0 Å². The Bertz CT molecular complexity index is 851. The number of carbonyl (C=O) groups is 1. The van der Waals surface area contributed by atoms with E-state index < -0.39 is 0 Å². The fraction of sp³-hybridized carbons (Fsp3) is 0.263. The first-order valence-corrected chi connectivity index (χ1v) is 10.3. The minimum Gasteiger partial charge on any atom is -0.353 e. The van der Waals surface area contributed by atoms with Crippen LogP contribution >= 0.6 is 23.1 Å². The molecule has 0 bridgehead atoms. The topological polar surface area (TPSA) is 54.0 Å². The van der Waals surface area contributed by atoms with Crippen LogP contribution in [-0.4, -0.2) is 29.2 Å². The number of carbonyl (C=O) groups excluding carboxylic acids is 1. The standard InChI is InChI=1S/C19H20FN3OS2/c1-13(22-19-23-16-8-4-5-9-17(16)26-19)18(24)21-10-11-25-12-14-6-2-3-7-15(14)20/h2-9,13H,10-12H2,1H3,(H,21,24)(H,22,23). The molecule has 1 heterocycles. The molecule has 2 N–H and O–H groups in total. The first-order valence-electron chi connectivity index (χ1n) is 8.34. The molecule has 3 rings (SSSR count). The van der Waals surface area contributed by atoms with Crippen LogP contribution in [0.3, 0.4) is 0 Å². The summed E-state index contributed by atoms with van der Waals surface area (Å²) in [5, 5.41) is 6.78. The number of nitrogens with one attached hydrogen (secondary N) is 2. The average molecular weight is 390 g/mol. The molecule has 0 aliphatic rings. The second kappa shape index (κ2) is 9.00. The van der Waals surface area contributed by atoms with E-state index in [-0.39, 0.29) is 17.8 Å². The average Bonchev–Trinajstić information content (AvgIpc) is 3.05. The number of halogens is 1. The maximum Gasteiger partial charge on any atom is 0.242 e. The molecule has 1 aromatic heterocycles. The lowest BCUT2D eigenvalue weighted by Gasteiger charge is -2.13. The molecule has 0 spiro atoms. The molecule has 0 aliphatic heterocycles. The Morgan fingerprint density at radius 3 is 2.81 bits per heavy atom. The second-order valence-electron chi connectivity index (χ2n) is 5.79. The zero-order valence-electron chi connectivity index (χ0n) is 14.4. The molecule has 4 nitrogen and oxygen atoms in total. The Morgan fingerprint density at radius 1 is 1.23 bits per heavy atom. The summed E-state index contributed by atoms with van der Waals surface area (Å²) in [6.45, 7) is 2.36. The minimum absolute atomic E-state index is 0.0734. The maximum atomic E-state index is 13.5. The van der Waals surface area contributed by atoms with Gasteiger partial charge in [-0.2, -0.15) is 11.8 Å². The number of nitrogens with zero attached hydrogens (tertiary/aromatic N) is 1. The highest BCUT2D eigenvalue weighted by Gasteiger charge is 2.14. The second-order valence-corrected chi connectivity index (χ2v) is 7.92. The third-order valence-electron chi connectivity index (χ3n) is 3.79. The summed E-state index contributed by atoms with van der Waals surface area (Å²) >= 11 is 3.13. The summed E-state index contributed by atoms with van der Waals surface area (Å²) in [5.41, 5.74) is 1.62. The summed E-state index contributed by atoms with van der Waals surface area (Å²) in [6, 6.07) is 14.3. The summed E-state index contributed by atoms with van der Waals surface area (Å²) in [7, 11) is 0. The number of hydrogen-bond acceptors (Lipinski definition) is 5. The Labute approximate surface area is 160 Å². The number of para-hydroxylation sites is 1. The molecule has 0 fully saturated rings. The predicted octanol–water partition coefficient (Wildman–Crippen LogP) is 4.29. The summed E-state index contributed by atoms with van der Waals surface area (Å²) in [6.07, 6.45) is 0. The van der Waals surface area contributed by atoms with Crippen molar-refractivity contribution < 1.29 is 9.18 Å². The van der Waals surface area contributed by atoms with E-state index in [4.69, 9.17) is 0 Å². The van der Waals surface area contributed by atoms with E-state index in [2.05, 4.69) is 15.6 Å². The van der Waals surface area contributed by atoms with Crippen molar-refractivity contribution in [2.45, 2.75) is 18.7 Å². The van der Waals surface area contributed by atoms with Crippen LogP contribution in [0.2, 0.25) is 0 Å². The van der Waals surface area contributed by atoms with Crippen LogP contribution in [0.4, 0.5) is 9.52 Å². The monoisotopic (exact) mass is 389 g/mol. The molecule has 26 heavy (non-hydrogen) atoms. The Morgan fingerprint density at radius 2 is 2.00 bits per heavy atom. The number of rotatable bonds is 8. The van der Waals surface area contributed by atoms with Crippen molar-refractivity contribution in [1.29, 1.82) is 0 Å². The van der Waals surface area contributed by atoms with E-state index in [1.165, 1.54) is 17.4 Å². The van der Waals surface area contributed by atoms with Crippen LogP contribution in [0.5, 0.6) is 0 Å². The van der Waals surface area contributed by atoms with E-state index in [1.807, 2.05) is 37.3 Å². The van der Waals surface area contributed by atoms with Gasteiger partial charge in [0.1, 0.15) is 11.9 Å². The highest BCUT2D eigenvalue weighted by Crippen LogP contribution is 2.25. The van der Waals surface area contributed by atoms with Gasteiger partial charge >= 0.3 is 0 Å². The fourth-order valence-electron chi connectivity index (χ4n) is 2.38. The van der Waals surface area contributed by atoms with Gasteiger partial charge in [-0.05, 0) is 30.7 Å². The van der Waals surface area contributed by atoms with Gasteiger partial charge < -0.3 is 10.6 Å². The molecule has 3 aromatic rings. The lowest BCUT2D eigenvalue weighted by Crippen LogP contribution is -2.38. The van der Waals surface area contributed by atoms with Crippen molar-refractivity contribution in [2.75, 3.05) is 17.6 Å². The highest BCUT2D eigenvalue weighted by molar-refractivity contribution is 7.98. The molecule has 1 unspecified atom stereocenters. The third-order valence-corrected chi connectivity index (χ3v) is 5.76. The van der Waals surface area contributed by atoms with Crippen LogP contribution in [0.15, 0.2) is 48.5 Å². The van der Waals surface area contributed by atoms with E-state index in [1.54, 1.807) is 23.9 Å². The zero-order valence-corrected chi connectivity index (χ0v) is 16.0. The Kier molecular flexibility index (Phi) is 6.46.